The predicted molar refractivity (Wildman–Crippen MR) is 90.4 cm³/mol. The van der Waals surface area contributed by atoms with E-state index in [2.05, 4.69) is 16.0 Å². The van der Waals surface area contributed by atoms with Gasteiger partial charge in [-0.3, -0.25) is 24.0 Å². The quantitative estimate of drug-likeness (QED) is 0.162. The molecule has 0 aromatic heterocycles. The number of amides is 5. The van der Waals surface area contributed by atoms with E-state index in [0.29, 0.717) is 0 Å². The Morgan fingerprint density at radius 1 is 0.815 bits per heavy atom. The highest BCUT2D eigenvalue weighted by molar-refractivity contribution is 5.92. The summed E-state index contributed by atoms with van der Waals surface area (Å²) in [5.74, 6) is -5.13. The van der Waals surface area contributed by atoms with Gasteiger partial charge in [0.15, 0.2) is 0 Å². The van der Waals surface area contributed by atoms with Crippen LogP contribution in [0.2, 0.25) is 0 Å². The van der Waals surface area contributed by atoms with Gasteiger partial charge in [0.1, 0.15) is 12.1 Å². The Morgan fingerprint density at radius 3 is 1.78 bits per heavy atom. The standard InChI is InChI=1S/C14H24N6O7/c15-5-11(23)18-6-12(24)19-7(1-3-9(16)21)13(25)20-8(14(26)27)2-4-10(17)22/h7-8H,1-6,15H2,(H2,16,21)(H2,17,22)(H,18,23)(H,19,24)(H,20,25)(H,26,27). The number of carbonyl (C=O) groups is 6. The highest BCUT2D eigenvalue weighted by Gasteiger charge is 2.27. The fraction of sp³-hybridized carbons (Fsp3) is 0.571. The lowest BCUT2D eigenvalue weighted by atomic mass is 10.1. The predicted octanol–water partition coefficient (Wildman–Crippen LogP) is -4.35. The average Bonchev–Trinajstić information content (AvgIpc) is 2.58. The molecule has 0 bridgehead atoms. The third kappa shape index (κ3) is 11.1. The van der Waals surface area contributed by atoms with Crippen LogP contribution >= 0.6 is 0 Å². The van der Waals surface area contributed by atoms with Crippen molar-refractivity contribution in [1.29, 1.82) is 0 Å². The van der Waals surface area contributed by atoms with Crippen molar-refractivity contribution >= 4 is 35.5 Å². The lowest BCUT2D eigenvalue weighted by Gasteiger charge is -2.21. The molecule has 2 unspecified atom stereocenters. The van der Waals surface area contributed by atoms with E-state index in [0.717, 1.165) is 0 Å². The SMILES string of the molecule is NCC(=O)NCC(=O)NC(CCC(N)=O)C(=O)NC(CCC(N)=O)C(=O)O. The van der Waals surface area contributed by atoms with Gasteiger partial charge >= 0.3 is 5.97 Å². The number of aliphatic carboxylic acids is 1. The molecule has 2 atom stereocenters. The Balaban J connectivity index is 4.96. The Hall–Kier alpha value is -3.22. The van der Waals surface area contributed by atoms with E-state index in [-0.39, 0.29) is 32.2 Å². The van der Waals surface area contributed by atoms with Crippen LogP contribution in [0.15, 0.2) is 0 Å². The minimum Gasteiger partial charge on any atom is -0.480 e. The summed E-state index contributed by atoms with van der Waals surface area (Å²) in [5.41, 5.74) is 15.0. The molecule has 0 heterocycles. The molecule has 0 aliphatic rings. The van der Waals surface area contributed by atoms with Crippen LogP contribution in [-0.4, -0.2) is 65.8 Å². The molecule has 27 heavy (non-hydrogen) atoms. The number of hydrogen-bond acceptors (Lipinski definition) is 7. The molecule has 5 amide bonds. The van der Waals surface area contributed by atoms with Crippen molar-refractivity contribution in [2.75, 3.05) is 13.1 Å². The molecule has 0 fully saturated rings. The summed E-state index contributed by atoms with van der Waals surface area (Å²) in [6.07, 6.45) is -0.980. The van der Waals surface area contributed by atoms with E-state index in [1.807, 2.05) is 0 Å². The fourth-order valence-corrected chi connectivity index (χ4v) is 1.87. The Morgan fingerprint density at radius 2 is 1.33 bits per heavy atom. The summed E-state index contributed by atoms with van der Waals surface area (Å²) < 4.78 is 0. The summed E-state index contributed by atoms with van der Waals surface area (Å²) in [6, 6.07) is -2.70. The van der Waals surface area contributed by atoms with E-state index in [9.17, 15) is 28.8 Å². The van der Waals surface area contributed by atoms with Crippen LogP contribution in [0.4, 0.5) is 0 Å². The number of primary amides is 2. The molecule has 0 aliphatic heterocycles. The highest BCUT2D eigenvalue weighted by atomic mass is 16.4. The van der Waals surface area contributed by atoms with Gasteiger partial charge in [-0.15, -0.1) is 0 Å². The second-order valence-corrected chi connectivity index (χ2v) is 5.51. The number of nitrogens with two attached hydrogens (primary N) is 3. The van der Waals surface area contributed by atoms with E-state index < -0.39 is 54.1 Å². The van der Waals surface area contributed by atoms with Crippen molar-refractivity contribution in [1.82, 2.24) is 16.0 Å². The maximum absolute atomic E-state index is 12.3. The van der Waals surface area contributed by atoms with E-state index >= 15 is 0 Å². The molecule has 0 rings (SSSR count). The van der Waals surface area contributed by atoms with Crippen LogP contribution in [0.1, 0.15) is 25.7 Å². The summed E-state index contributed by atoms with van der Waals surface area (Å²) in [6.45, 7) is -0.806. The maximum atomic E-state index is 12.3. The molecule has 0 aromatic rings. The Kier molecular flexibility index (Phi) is 10.7. The molecule has 13 heteroatoms. The van der Waals surface area contributed by atoms with Crippen molar-refractivity contribution < 1.29 is 33.9 Å². The second-order valence-electron chi connectivity index (χ2n) is 5.51. The van der Waals surface area contributed by atoms with Crippen molar-refractivity contribution in [2.45, 2.75) is 37.8 Å². The van der Waals surface area contributed by atoms with Gasteiger partial charge in [0, 0.05) is 12.8 Å². The van der Waals surface area contributed by atoms with Gasteiger partial charge in [0.2, 0.25) is 29.5 Å². The molecular weight excluding hydrogens is 364 g/mol. The molecule has 152 valence electrons. The number of hydrogen-bond donors (Lipinski definition) is 7. The average molecular weight is 388 g/mol. The van der Waals surface area contributed by atoms with Crippen molar-refractivity contribution in [3.63, 3.8) is 0 Å². The van der Waals surface area contributed by atoms with Gasteiger partial charge in [-0.25, -0.2) is 4.79 Å². The van der Waals surface area contributed by atoms with Crippen molar-refractivity contribution in [3.8, 4) is 0 Å². The molecular formula is C14H24N6O7. The van der Waals surface area contributed by atoms with E-state index in [1.54, 1.807) is 0 Å². The molecule has 0 spiro atoms. The van der Waals surface area contributed by atoms with Crippen LogP contribution in [0.3, 0.4) is 0 Å². The van der Waals surface area contributed by atoms with Crippen molar-refractivity contribution in [2.24, 2.45) is 17.2 Å². The Bertz CT molecular complexity index is 595. The van der Waals surface area contributed by atoms with E-state index in [1.165, 1.54) is 0 Å². The third-order valence-corrected chi connectivity index (χ3v) is 3.26. The fourth-order valence-electron chi connectivity index (χ4n) is 1.87. The summed E-state index contributed by atoms with van der Waals surface area (Å²) in [5, 5.41) is 15.7. The number of carboxylic acid groups (broad SMARTS) is 1. The first-order valence-corrected chi connectivity index (χ1v) is 7.92. The molecule has 0 saturated heterocycles. The number of rotatable bonds is 13. The lowest BCUT2D eigenvalue weighted by molar-refractivity contribution is -0.142. The normalized spacial score (nSPS) is 12.3. The summed E-state index contributed by atoms with van der Waals surface area (Å²) >= 11 is 0. The molecule has 0 radical (unpaired) electrons. The Labute approximate surface area is 154 Å². The zero-order valence-electron chi connectivity index (χ0n) is 14.5. The zero-order valence-corrected chi connectivity index (χ0v) is 14.5. The first-order valence-electron chi connectivity index (χ1n) is 7.92. The summed E-state index contributed by atoms with van der Waals surface area (Å²) in [4.78, 5) is 68.0. The van der Waals surface area contributed by atoms with E-state index in [4.69, 9.17) is 22.3 Å². The topological polar surface area (TPSA) is 237 Å². The number of carbonyl (C=O) groups excluding carboxylic acids is 5. The van der Waals surface area contributed by atoms with Crippen LogP contribution < -0.4 is 33.2 Å². The first-order chi connectivity index (χ1) is 12.6. The summed E-state index contributed by atoms with van der Waals surface area (Å²) in [7, 11) is 0. The molecule has 0 aromatic carbocycles. The van der Waals surface area contributed by atoms with Gasteiger partial charge in [0.05, 0.1) is 13.1 Å². The zero-order chi connectivity index (χ0) is 21.0. The molecule has 0 aliphatic carbocycles. The van der Waals surface area contributed by atoms with Crippen LogP contribution in [0.25, 0.3) is 0 Å². The van der Waals surface area contributed by atoms with Gasteiger partial charge in [-0.05, 0) is 12.8 Å². The highest BCUT2D eigenvalue weighted by Crippen LogP contribution is 2.02. The monoisotopic (exact) mass is 388 g/mol. The van der Waals surface area contributed by atoms with Gasteiger partial charge in [-0.2, -0.15) is 0 Å². The molecule has 13 nitrogen and oxygen atoms in total. The van der Waals surface area contributed by atoms with Crippen LogP contribution in [0.5, 0.6) is 0 Å². The maximum Gasteiger partial charge on any atom is 0.326 e. The van der Waals surface area contributed by atoms with Crippen LogP contribution in [-0.2, 0) is 28.8 Å². The molecule has 10 N–H and O–H groups in total. The lowest BCUT2D eigenvalue weighted by Crippen LogP contribution is -2.53. The van der Waals surface area contributed by atoms with Gasteiger partial charge < -0.3 is 38.3 Å². The van der Waals surface area contributed by atoms with Gasteiger partial charge in [-0.1, -0.05) is 0 Å². The second kappa shape index (κ2) is 12.2. The third-order valence-electron chi connectivity index (χ3n) is 3.26. The minimum atomic E-state index is -1.42. The van der Waals surface area contributed by atoms with Crippen molar-refractivity contribution in [3.05, 3.63) is 0 Å². The number of carboxylic acids is 1. The molecule has 0 saturated carbocycles. The largest absolute Gasteiger partial charge is 0.480 e. The van der Waals surface area contributed by atoms with Gasteiger partial charge in [0.25, 0.3) is 0 Å². The minimum absolute atomic E-state index is 0.195. The van der Waals surface area contributed by atoms with Crippen LogP contribution in [0, 0.1) is 0 Å². The number of nitrogens with one attached hydrogen (secondary N) is 3. The first kappa shape index (κ1) is 23.8. The smallest absolute Gasteiger partial charge is 0.326 e.